The average molecular weight is 312 g/mol. The maximum Gasteiger partial charge on any atom is 0.243 e. The summed E-state index contributed by atoms with van der Waals surface area (Å²) >= 11 is 0. The van der Waals surface area contributed by atoms with Gasteiger partial charge in [-0.2, -0.15) is 0 Å². The van der Waals surface area contributed by atoms with Gasteiger partial charge in [0.1, 0.15) is 5.75 Å². The topological polar surface area (TPSA) is 41.6 Å². The number of para-hydroxylation sites is 1. The first-order chi connectivity index (χ1) is 11.0. The van der Waals surface area contributed by atoms with Crippen LogP contribution in [0.3, 0.4) is 0 Å². The van der Waals surface area contributed by atoms with E-state index >= 15 is 0 Å². The van der Waals surface area contributed by atoms with Crippen molar-refractivity contribution in [2.24, 2.45) is 0 Å². The van der Waals surface area contributed by atoms with E-state index in [0.717, 1.165) is 17.1 Å². The standard InChI is InChI=1S/C19H24N2O2/c1-14(2)21(18-8-6-5-7-15(18)3)13-19(22)20-16-9-11-17(23-4)12-10-16/h5-12,14H,13H2,1-4H3,(H,20,22). The van der Waals surface area contributed by atoms with Gasteiger partial charge in [-0.15, -0.1) is 0 Å². The molecule has 4 heteroatoms. The molecule has 1 amide bonds. The summed E-state index contributed by atoms with van der Waals surface area (Å²) in [5.74, 6) is 0.735. The summed E-state index contributed by atoms with van der Waals surface area (Å²) in [5, 5.41) is 2.93. The Kier molecular flexibility index (Phi) is 5.63. The van der Waals surface area contributed by atoms with E-state index in [1.165, 1.54) is 5.56 Å². The number of nitrogens with zero attached hydrogens (tertiary/aromatic N) is 1. The first kappa shape index (κ1) is 16.9. The van der Waals surface area contributed by atoms with Gasteiger partial charge in [0.05, 0.1) is 13.7 Å². The third-order valence-corrected chi connectivity index (χ3v) is 3.74. The molecule has 0 heterocycles. The summed E-state index contributed by atoms with van der Waals surface area (Å²) in [5.41, 5.74) is 3.02. The lowest BCUT2D eigenvalue weighted by Crippen LogP contribution is -2.38. The van der Waals surface area contributed by atoms with Crippen LogP contribution in [0.15, 0.2) is 48.5 Å². The van der Waals surface area contributed by atoms with Crippen LogP contribution < -0.4 is 15.0 Å². The number of anilines is 2. The Morgan fingerprint density at radius 1 is 1.13 bits per heavy atom. The number of hydrogen-bond acceptors (Lipinski definition) is 3. The fourth-order valence-electron chi connectivity index (χ4n) is 2.46. The molecule has 0 radical (unpaired) electrons. The van der Waals surface area contributed by atoms with Crippen molar-refractivity contribution in [1.29, 1.82) is 0 Å². The summed E-state index contributed by atoms with van der Waals surface area (Å²) < 4.78 is 5.12. The van der Waals surface area contributed by atoms with Crippen LogP contribution in [0.5, 0.6) is 5.75 Å². The maximum absolute atomic E-state index is 12.4. The molecule has 0 saturated carbocycles. The highest BCUT2D eigenvalue weighted by molar-refractivity contribution is 5.94. The zero-order valence-electron chi connectivity index (χ0n) is 14.2. The van der Waals surface area contributed by atoms with Crippen molar-refractivity contribution >= 4 is 17.3 Å². The molecule has 0 saturated heterocycles. The fourth-order valence-corrected chi connectivity index (χ4v) is 2.46. The Morgan fingerprint density at radius 2 is 1.78 bits per heavy atom. The Balaban J connectivity index is 2.07. The number of nitrogens with one attached hydrogen (secondary N) is 1. The van der Waals surface area contributed by atoms with Crippen LogP contribution in [-0.2, 0) is 4.79 Å². The van der Waals surface area contributed by atoms with Crippen molar-refractivity contribution in [3.63, 3.8) is 0 Å². The largest absolute Gasteiger partial charge is 0.497 e. The second kappa shape index (κ2) is 7.68. The van der Waals surface area contributed by atoms with Crippen molar-refractivity contribution in [3.8, 4) is 5.75 Å². The van der Waals surface area contributed by atoms with E-state index in [1.807, 2.05) is 36.4 Å². The predicted molar refractivity (Wildman–Crippen MR) is 95.3 cm³/mol. The monoisotopic (exact) mass is 312 g/mol. The number of aryl methyl sites for hydroxylation is 1. The van der Waals surface area contributed by atoms with Gasteiger partial charge in [-0.05, 0) is 56.7 Å². The lowest BCUT2D eigenvalue weighted by Gasteiger charge is -2.29. The van der Waals surface area contributed by atoms with Crippen LogP contribution in [0.1, 0.15) is 19.4 Å². The van der Waals surface area contributed by atoms with Gasteiger partial charge in [0, 0.05) is 17.4 Å². The molecule has 23 heavy (non-hydrogen) atoms. The predicted octanol–water partition coefficient (Wildman–Crippen LogP) is 3.86. The molecule has 1 N–H and O–H groups in total. The molecular formula is C19H24N2O2. The molecule has 2 aromatic carbocycles. The Morgan fingerprint density at radius 3 is 2.35 bits per heavy atom. The van der Waals surface area contributed by atoms with Gasteiger partial charge in [0.25, 0.3) is 0 Å². The van der Waals surface area contributed by atoms with Crippen LogP contribution >= 0.6 is 0 Å². The van der Waals surface area contributed by atoms with E-state index < -0.39 is 0 Å². The molecule has 2 rings (SSSR count). The van der Waals surface area contributed by atoms with E-state index in [1.54, 1.807) is 7.11 Å². The highest BCUT2D eigenvalue weighted by Crippen LogP contribution is 2.22. The molecule has 0 atom stereocenters. The Bertz CT molecular complexity index is 651. The van der Waals surface area contributed by atoms with Gasteiger partial charge >= 0.3 is 0 Å². The maximum atomic E-state index is 12.4. The zero-order chi connectivity index (χ0) is 16.8. The first-order valence-corrected chi connectivity index (χ1v) is 7.77. The fraction of sp³-hybridized carbons (Fsp3) is 0.316. The van der Waals surface area contributed by atoms with Gasteiger partial charge in [-0.1, -0.05) is 18.2 Å². The van der Waals surface area contributed by atoms with Crippen LogP contribution in [0, 0.1) is 6.92 Å². The van der Waals surface area contributed by atoms with E-state index in [-0.39, 0.29) is 11.9 Å². The molecule has 0 aliphatic carbocycles. The summed E-state index contributed by atoms with van der Waals surface area (Å²) in [7, 11) is 1.62. The smallest absolute Gasteiger partial charge is 0.243 e. The normalized spacial score (nSPS) is 10.5. The Hall–Kier alpha value is -2.49. The van der Waals surface area contributed by atoms with Crippen LogP contribution in [0.25, 0.3) is 0 Å². The summed E-state index contributed by atoms with van der Waals surface area (Å²) in [6.07, 6.45) is 0. The highest BCUT2D eigenvalue weighted by Gasteiger charge is 2.16. The van der Waals surface area contributed by atoms with Gasteiger partial charge in [-0.25, -0.2) is 0 Å². The van der Waals surface area contributed by atoms with Crippen LogP contribution in [0.4, 0.5) is 11.4 Å². The molecule has 0 aliphatic heterocycles. The molecule has 0 aromatic heterocycles. The number of carbonyl (C=O) groups excluding carboxylic acids is 1. The number of benzene rings is 2. The SMILES string of the molecule is COc1ccc(NC(=O)CN(c2ccccc2C)C(C)C)cc1. The minimum Gasteiger partial charge on any atom is -0.497 e. The van der Waals surface area contributed by atoms with Gasteiger partial charge in [-0.3, -0.25) is 4.79 Å². The third kappa shape index (κ3) is 4.49. The number of ether oxygens (including phenoxy) is 1. The third-order valence-electron chi connectivity index (χ3n) is 3.74. The second-order valence-corrected chi connectivity index (χ2v) is 5.78. The molecule has 122 valence electrons. The molecule has 0 unspecified atom stereocenters. The van der Waals surface area contributed by atoms with Gasteiger partial charge < -0.3 is 15.0 Å². The van der Waals surface area contributed by atoms with Crippen LogP contribution in [0.2, 0.25) is 0 Å². The van der Waals surface area contributed by atoms with E-state index in [0.29, 0.717) is 6.54 Å². The van der Waals surface area contributed by atoms with E-state index in [4.69, 9.17) is 4.74 Å². The van der Waals surface area contributed by atoms with Crippen LogP contribution in [-0.4, -0.2) is 25.6 Å². The van der Waals surface area contributed by atoms with Crippen molar-refractivity contribution in [3.05, 3.63) is 54.1 Å². The number of carbonyl (C=O) groups is 1. The molecular weight excluding hydrogens is 288 g/mol. The van der Waals surface area contributed by atoms with Crippen molar-refractivity contribution in [2.45, 2.75) is 26.8 Å². The van der Waals surface area contributed by atoms with Gasteiger partial charge in [0.2, 0.25) is 5.91 Å². The van der Waals surface area contributed by atoms with Crippen molar-refractivity contribution < 1.29 is 9.53 Å². The molecule has 0 aliphatic rings. The first-order valence-electron chi connectivity index (χ1n) is 7.77. The summed E-state index contributed by atoms with van der Waals surface area (Å²) in [6, 6.07) is 15.7. The minimum atomic E-state index is -0.0351. The molecule has 0 bridgehead atoms. The lowest BCUT2D eigenvalue weighted by atomic mass is 10.1. The summed E-state index contributed by atoms with van der Waals surface area (Å²) in [4.78, 5) is 14.5. The quantitative estimate of drug-likeness (QED) is 0.880. The zero-order valence-corrected chi connectivity index (χ0v) is 14.2. The second-order valence-electron chi connectivity index (χ2n) is 5.78. The number of methoxy groups -OCH3 is 1. The van der Waals surface area contributed by atoms with Crippen molar-refractivity contribution in [1.82, 2.24) is 0 Å². The number of hydrogen-bond donors (Lipinski definition) is 1. The van der Waals surface area contributed by atoms with Gasteiger partial charge in [0.15, 0.2) is 0 Å². The average Bonchev–Trinajstić information content (AvgIpc) is 2.54. The van der Waals surface area contributed by atoms with E-state index in [9.17, 15) is 4.79 Å². The summed E-state index contributed by atoms with van der Waals surface area (Å²) in [6.45, 7) is 6.56. The Labute approximate surface area is 138 Å². The highest BCUT2D eigenvalue weighted by atomic mass is 16.5. The molecule has 2 aromatic rings. The molecule has 0 spiro atoms. The molecule has 4 nitrogen and oxygen atoms in total. The molecule has 0 fully saturated rings. The minimum absolute atomic E-state index is 0.0351. The lowest BCUT2D eigenvalue weighted by molar-refractivity contribution is -0.115. The van der Waals surface area contributed by atoms with Crippen molar-refractivity contribution in [2.75, 3.05) is 23.9 Å². The number of amides is 1. The van der Waals surface area contributed by atoms with E-state index in [2.05, 4.69) is 43.1 Å². The number of rotatable bonds is 6.